The van der Waals surface area contributed by atoms with Crippen molar-refractivity contribution in [3.63, 3.8) is 0 Å². The quantitative estimate of drug-likeness (QED) is 0.887. The lowest BCUT2D eigenvalue weighted by molar-refractivity contribution is -0.116. The number of carbonyl (C=O) groups is 1. The van der Waals surface area contributed by atoms with Gasteiger partial charge in [-0.05, 0) is 30.5 Å². The van der Waals surface area contributed by atoms with Crippen LogP contribution in [-0.4, -0.2) is 16.1 Å². The minimum Gasteiger partial charge on any atom is -0.309 e. The molecule has 0 bridgehead atoms. The summed E-state index contributed by atoms with van der Waals surface area (Å²) in [5.74, 6) is 0.574. The van der Waals surface area contributed by atoms with Crippen molar-refractivity contribution in [2.24, 2.45) is 0 Å². The molecule has 0 aliphatic carbocycles. The molecule has 2 N–H and O–H groups in total. The van der Waals surface area contributed by atoms with Crippen molar-refractivity contribution in [3.05, 3.63) is 46.1 Å². The van der Waals surface area contributed by atoms with Crippen molar-refractivity contribution in [1.82, 2.24) is 10.2 Å². The van der Waals surface area contributed by atoms with E-state index in [2.05, 4.69) is 31.4 Å². The molecule has 4 nitrogen and oxygen atoms in total. The van der Waals surface area contributed by atoms with Gasteiger partial charge in [0.15, 0.2) is 5.82 Å². The van der Waals surface area contributed by atoms with Gasteiger partial charge in [0.2, 0.25) is 5.91 Å². The summed E-state index contributed by atoms with van der Waals surface area (Å²) in [5, 5.41) is 9.69. The maximum Gasteiger partial charge on any atom is 0.225 e. The SMILES string of the molecule is CCc1cc(NC(=O)CCc2cccc(Br)c2)n[nH]1. The summed E-state index contributed by atoms with van der Waals surface area (Å²) in [7, 11) is 0. The van der Waals surface area contributed by atoms with Crippen molar-refractivity contribution in [1.29, 1.82) is 0 Å². The summed E-state index contributed by atoms with van der Waals surface area (Å²) in [6.45, 7) is 2.03. The molecule has 0 radical (unpaired) electrons. The molecule has 0 saturated heterocycles. The van der Waals surface area contributed by atoms with Crippen LogP contribution in [0, 0.1) is 0 Å². The Hall–Kier alpha value is -1.62. The zero-order valence-electron chi connectivity index (χ0n) is 10.7. The van der Waals surface area contributed by atoms with E-state index in [4.69, 9.17) is 0 Å². The molecule has 1 aromatic carbocycles. The predicted molar refractivity (Wildman–Crippen MR) is 79.1 cm³/mol. The fourth-order valence-corrected chi connectivity index (χ4v) is 2.21. The number of aromatic nitrogens is 2. The maximum atomic E-state index is 11.8. The molecule has 0 saturated carbocycles. The van der Waals surface area contributed by atoms with E-state index in [1.807, 2.05) is 37.3 Å². The van der Waals surface area contributed by atoms with E-state index < -0.39 is 0 Å². The highest BCUT2D eigenvalue weighted by Gasteiger charge is 2.06. The minimum absolute atomic E-state index is 0.0193. The molecule has 2 aromatic rings. The number of amides is 1. The number of nitrogens with zero attached hydrogens (tertiary/aromatic N) is 1. The first kappa shape index (κ1) is 13.8. The van der Waals surface area contributed by atoms with Crippen molar-refractivity contribution in [3.8, 4) is 0 Å². The highest BCUT2D eigenvalue weighted by Crippen LogP contribution is 2.13. The Bertz CT molecular complexity index is 565. The fraction of sp³-hybridized carbons (Fsp3) is 0.286. The summed E-state index contributed by atoms with van der Waals surface area (Å²) >= 11 is 3.42. The smallest absolute Gasteiger partial charge is 0.225 e. The number of aryl methyl sites for hydroxylation is 2. The number of rotatable bonds is 5. The molecule has 100 valence electrons. The van der Waals surface area contributed by atoms with E-state index in [0.29, 0.717) is 12.2 Å². The monoisotopic (exact) mass is 321 g/mol. The molecule has 0 aliphatic rings. The van der Waals surface area contributed by atoms with Gasteiger partial charge < -0.3 is 5.32 Å². The van der Waals surface area contributed by atoms with Crippen LogP contribution < -0.4 is 5.32 Å². The summed E-state index contributed by atoms with van der Waals surface area (Å²) in [5.41, 5.74) is 2.16. The molecular weight excluding hydrogens is 306 g/mol. The summed E-state index contributed by atoms with van der Waals surface area (Å²) < 4.78 is 1.03. The average Bonchev–Trinajstić information content (AvgIpc) is 2.84. The van der Waals surface area contributed by atoms with Crippen LogP contribution in [0.2, 0.25) is 0 Å². The number of aromatic amines is 1. The first-order chi connectivity index (χ1) is 9.17. The van der Waals surface area contributed by atoms with Crippen LogP contribution in [0.4, 0.5) is 5.82 Å². The Morgan fingerprint density at radius 3 is 2.95 bits per heavy atom. The van der Waals surface area contributed by atoms with Crippen molar-refractivity contribution >= 4 is 27.7 Å². The lowest BCUT2D eigenvalue weighted by atomic mass is 10.1. The van der Waals surface area contributed by atoms with Crippen LogP contribution in [0.25, 0.3) is 0 Å². The Balaban J connectivity index is 1.84. The van der Waals surface area contributed by atoms with E-state index in [0.717, 1.165) is 28.6 Å². The number of nitrogens with one attached hydrogen (secondary N) is 2. The van der Waals surface area contributed by atoms with Crippen LogP contribution in [-0.2, 0) is 17.6 Å². The van der Waals surface area contributed by atoms with E-state index in [9.17, 15) is 4.79 Å². The molecule has 1 aromatic heterocycles. The second-order valence-corrected chi connectivity index (χ2v) is 5.23. The van der Waals surface area contributed by atoms with Gasteiger partial charge in [0.25, 0.3) is 0 Å². The zero-order chi connectivity index (χ0) is 13.7. The van der Waals surface area contributed by atoms with Gasteiger partial charge in [0, 0.05) is 22.7 Å². The Kier molecular flexibility index (Phi) is 4.74. The number of hydrogen-bond acceptors (Lipinski definition) is 2. The third-order valence-electron chi connectivity index (χ3n) is 2.81. The molecule has 0 aliphatic heterocycles. The summed E-state index contributed by atoms with van der Waals surface area (Å²) in [6, 6.07) is 9.84. The number of hydrogen-bond donors (Lipinski definition) is 2. The predicted octanol–water partition coefficient (Wildman–Crippen LogP) is 3.31. The Morgan fingerprint density at radius 2 is 2.26 bits per heavy atom. The molecule has 0 spiro atoms. The fourth-order valence-electron chi connectivity index (χ4n) is 1.76. The van der Waals surface area contributed by atoms with Crippen molar-refractivity contribution in [2.45, 2.75) is 26.2 Å². The molecule has 19 heavy (non-hydrogen) atoms. The number of anilines is 1. The maximum absolute atomic E-state index is 11.8. The van der Waals surface area contributed by atoms with E-state index in [-0.39, 0.29) is 5.91 Å². The minimum atomic E-state index is -0.0193. The largest absolute Gasteiger partial charge is 0.309 e. The van der Waals surface area contributed by atoms with Gasteiger partial charge in [-0.3, -0.25) is 9.89 Å². The second kappa shape index (κ2) is 6.52. The molecule has 0 fully saturated rings. The molecule has 1 heterocycles. The van der Waals surface area contributed by atoms with E-state index in [1.165, 1.54) is 0 Å². The normalized spacial score (nSPS) is 10.4. The van der Waals surface area contributed by atoms with Gasteiger partial charge in [0.05, 0.1) is 0 Å². The van der Waals surface area contributed by atoms with Crippen LogP contribution >= 0.6 is 15.9 Å². The lowest BCUT2D eigenvalue weighted by Crippen LogP contribution is -2.12. The molecule has 1 amide bonds. The lowest BCUT2D eigenvalue weighted by Gasteiger charge is -2.02. The van der Waals surface area contributed by atoms with Gasteiger partial charge in [-0.25, -0.2) is 0 Å². The van der Waals surface area contributed by atoms with Gasteiger partial charge in [-0.2, -0.15) is 5.10 Å². The topological polar surface area (TPSA) is 57.8 Å². The second-order valence-electron chi connectivity index (χ2n) is 4.31. The third kappa shape index (κ3) is 4.21. The average molecular weight is 322 g/mol. The third-order valence-corrected chi connectivity index (χ3v) is 3.30. The molecule has 0 atom stereocenters. The van der Waals surface area contributed by atoms with Gasteiger partial charge in [-0.15, -0.1) is 0 Å². The van der Waals surface area contributed by atoms with Crippen molar-refractivity contribution < 1.29 is 4.79 Å². The Labute approximate surface area is 120 Å². The molecule has 2 rings (SSSR count). The van der Waals surface area contributed by atoms with Crippen LogP contribution in [0.1, 0.15) is 24.6 Å². The van der Waals surface area contributed by atoms with Gasteiger partial charge in [-0.1, -0.05) is 35.0 Å². The van der Waals surface area contributed by atoms with Crippen molar-refractivity contribution in [2.75, 3.05) is 5.32 Å². The highest BCUT2D eigenvalue weighted by molar-refractivity contribution is 9.10. The van der Waals surface area contributed by atoms with E-state index in [1.54, 1.807) is 0 Å². The first-order valence-corrected chi connectivity index (χ1v) is 7.05. The van der Waals surface area contributed by atoms with Gasteiger partial charge >= 0.3 is 0 Å². The number of halogens is 1. The molecular formula is C14H16BrN3O. The van der Waals surface area contributed by atoms with Gasteiger partial charge in [0.1, 0.15) is 0 Å². The van der Waals surface area contributed by atoms with Crippen LogP contribution in [0.5, 0.6) is 0 Å². The number of benzene rings is 1. The molecule has 0 unspecified atom stereocenters. The highest BCUT2D eigenvalue weighted by atomic mass is 79.9. The van der Waals surface area contributed by atoms with Crippen LogP contribution in [0.3, 0.4) is 0 Å². The number of carbonyl (C=O) groups excluding carboxylic acids is 1. The Morgan fingerprint density at radius 1 is 1.42 bits per heavy atom. The molecule has 5 heteroatoms. The van der Waals surface area contributed by atoms with E-state index >= 15 is 0 Å². The number of H-pyrrole nitrogens is 1. The zero-order valence-corrected chi connectivity index (χ0v) is 12.3. The first-order valence-electron chi connectivity index (χ1n) is 6.26. The summed E-state index contributed by atoms with van der Waals surface area (Å²) in [6.07, 6.45) is 2.04. The van der Waals surface area contributed by atoms with Crippen LogP contribution in [0.15, 0.2) is 34.8 Å². The standard InChI is InChI=1S/C14H16BrN3O/c1-2-12-9-13(18-17-12)16-14(19)7-6-10-4-3-5-11(15)8-10/h3-5,8-9H,2,6-7H2,1H3,(H2,16,17,18,19). The summed E-state index contributed by atoms with van der Waals surface area (Å²) in [4.78, 5) is 11.8.